The minimum absolute atomic E-state index is 0.234. The van der Waals surface area contributed by atoms with Crippen molar-refractivity contribution in [3.8, 4) is 0 Å². The summed E-state index contributed by atoms with van der Waals surface area (Å²) in [5, 5.41) is 10.7. The maximum Gasteiger partial charge on any atom is 0.111 e. The van der Waals surface area contributed by atoms with E-state index >= 15 is 0 Å². The van der Waals surface area contributed by atoms with Crippen LogP contribution in [0.15, 0.2) is 54.6 Å². The molecule has 0 spiro atoms. The summed E-state index contributed by atoms with van der Waals surface area (Å²) in [5.41, 5.74) is 8.32. The SMILES string of the molecule is Cc1ccccc1CSCC(O)(CN)c1ccccc1. The van der Waals surface area contributed by atoms with Crippen LogP contribution in [0.3, 0.4) is 0 Å². The maximum absolute atomic E-state index is 10.7. The van der Waals surface area contributed by atoms with Crippen LogP contribution in [-0.2, 0) is 11.4 Å². The highest BCUT2D eigenvalue weighted by Gasteiger charge is 2.27. The highest BCUT2D eigenvalue weighted by molar-refractivity contribution is 7.98. The van der Waals surface area contributed by atoms with Gasteiger partial charge in [-0.05, 0) is 23.6 Å². The van der Waals surface area contributed by atoms with Crippen LogP contribution >= 0.6 is 11.8 Å². The summed E-state index contributed by atoms with van der Waals surface area (Å²) in [4.78, 5) is 0. The normalized spacial score (nSPS) is 13.9. The first-order valence-electron chi connectivity index (χ1n) is 6.76. The molecule has 0 saturated heterocycles. The zero-order valence-corrected chi connectivity index (χ0v) is 12.6. The summed E-state index contributed by atoms with van der Waals surface area (Å²) >= 11 is 1.72. The second-order valence-electron chi connectivity index (χ2n) is 5.02. The number of hydrogen-bond donors (Lipinski definition) is 2. The molecule has 106 valence electrons. The fourth-order valence-corrected chi connectivity index (χ4v) is 3.38. The average molecular weight is 287 g/mol. The van der Waals surface area contributed by atoms with Crippen LogP contribution in [0.4, 0.5) is 0 Å². The van der Waals surface area contributed by atoms with E-state index in [1.54, 1.807) is 11.8 Å². The van der Waals surface area contributed by atoms with Gasteiger partial charge in [0.1, 0.15) is 5.60 Å². The van der Waals surface area contributed by atoms with Gasteiger partial charge in [-0.15, -0.1) is 0 Å². The van der Waals surface area contributed by atoms with E-state index in [-0.39, 0.29) is 6.54 Å². The van der Waals surface area contributed by atoms with Crippen molar-refractivity contribution in [1.82, 2.24) is 0 Å². The number of aryl methyl sites for hydroxylation is 1. The largest absolute Gasteiger partial charge is 0.383 e. The summed E-state index contributed by atoms with van der Waals surface area (Å²) in [7, 11) is 0. The van der Waals surface area contributed by atoms with Crippen molar-refractivity contribution in [3.05, 3.63) is 71.3 Å². The zero-order valence-electron chi connectivity index (χ0n) is 11.8. The molecule has 3 N–H and O–H groups in total. The molecule has 0 aliphatic heterocycles. The van der Waals surface area contributed by atoms with Crippen LogP contribution < -0.4 is 5.73 Å². The highest BCUT2D eigenvalue weighted by Crippen LogP contribution is 2.27. The molecule has 20 heavy (non-hydrogen) atoms. The Morgan fingerprint density at radius 2 is 1.70 bits per heavy atom. The highest BCUT2D eigenvalue weighted by atomic mass is 32.2. The standard InChI is InChI=1S/C17H21NOS/c1-14-7-5-6-8-15(14)11-20-13-17(19,12-18)16-9-3-2-4-10-16/h2-10,19H,11-13,18H2,1H3. The first-order chi connectivity index (χ1) is 9.65. The predicted octanol–water partition coefficient (Wildman–Crippen LogP) is 3.07. The van der Waals surface area contributed by atoms with E-state index in [2.05, 4.69) is 25.1 Å². The van der Waals surface area contributed by atoms with Crippen molar-refractivity contribution in [1.29, 1.82) is 0 Å². The van der Waals surface area contributed by atoms with Gasteiger partial charge in [0, 0.05) is 18.1 Å². The molecule has 2 nitrogen and oxygen atoms in total. The van der Waals surface area contributed by atoms with E-state index in [1.807, 2.05) is 36.4 Å². The molecule has 0 amide bonds. The number of benzene rings is 2. The van der Waals surface area contributed by atoms with E-state index in [0.717, 1.165) is 11.3 Å². The van der Waals surface area contributed by atoms with Gasteiger partial charge in [-0.3, -0.25) is 0 Å². The Morgan fingerprint density at radius 3 is 2.35 bits per heavy atom. The predicted molar refractivity (Wildman–Crippen MR) is 86.7 cm³/mol. The van der Waals surface area contributed by atoms with Crippen LogP contribution in [-0.4, -0.2) is 17.4 Å². The maximum atomic E-state index is 10.7. The third-order valence-electron chi connectivity index (χ3n) is 3.51. The van der Waals surface area contributed by atoms with Crippen LogP contribution in [0.25, 0.3) is 0 Å². The lowest BCUT2D eigenvalue weighted by atomic mass is 9.96. The fraction of sp³-hybridized carbons (Fsp3) is 0.294. The number of aliphatic hydroxyl groups is 1. The smallest absolute Gasteiger partial charge is 0.111 e. The third kappa shape index (κ3) is 3.63. The van der Waals surface area contributed by atoms with Gasteiger partial charge in [0.2, 0.25) is 0 Å². The van der Waals surface area contributed by atoms with Crippen molar-refractivity contribution in [2.45, 2.75) is 18.3 Å². The van der Waals surface area contributed by atoms with Gasteiger partial charge in [0.05, 0.1) is 0 Å². The van der Waals surface area contributed by atoms with Gasteiger partial charge in [0.25, 0.3) is 0 Å². The molecule has 0 heterocycles. The molecular formula is C17H21NOS. The quantitative estimate of drug-likeness (QED) is 0.858. The first-order valence-corrected chi connectivity index (χ1v) is 7.91. The second-order valence-corrected chi connectivity index (χ2v) is 6.01. The molecule has 1 unspecified atom stereocenters. The van der Waals surface area contributed by atoms with Crippen LogP contribution in [0.1, 0.15) is 16.7 Å². The molecule has 2 rings (SSSR count). The lowest BCUT2D eigenvalue weighted by molar-refractivity contribution is 0.0721. The van der Waals surface area contributed by atoms with Crippen LogP contribution in [0, 0.1) is 6.92 Å². The number of hydrogen-bond acceptors (Lipinski definition) is 3. The fourth-order valence-electron chi connectivity index (χ4n) is 2.11. The minimum Gasteiger partial charge on any atom is -0.383 e. The summed E-state index contributed by atoms with van der Waals surface area (Å²) in [5.74, 6) is 1.49. The molecule has 0 saturated carbocycles. The Bertz CT molecular complexity index is 544. The lowest BCUT2D eigenvalue weighted by Crippen LogP contribution is -2.37. The van der Waals surface area contributed by atoms with Gasteiger partial charge in [-0.25, -0.2) is 0 Å². The molecule has 2 aromatic rings. The zero-order chi connectivity index (χ0) is 14.4. The molecule has 0 radical (unpaired) electrons. The summed E-state index contributed by atoms with van der Waals surface area (Å²) in [6.45, 7) is 2.35. The van der Waals surface area contributed by atoms with Crippen molar-refractivity contribution >= 4 is 11.8 Å². The van der Waals surface area contributed by atoms with E-state index in [0.29, 0.717) is 5.75 Å². The van der Waals surface area contributed by atoms with E-state index in [4.69, 9.17) is 5.73 Å². The topological polar surface area (TPSA) is 46.2 Å². The Balaban J connectivity index is 2.00. The van der Waals surface area contributed by atoms with Gasteiger partial charge in [-0.1, -0.05) is 54.6 Å². The Labute approximate surface area is 125 Å². The van der Waals surface area contributed by atoms with E-state index < -0.39 is 5.60 Å². The summed E-state index contributed by atoms with van der Waals surface area (Å²) in [6, 6.07) is 18.0. The van der Waals surface area contributed by atoms with Crippen molar-refractivity contribution in [2.24, 2.45) is 5.73 Å². The molecule has 0 fully saturated rings. The Kier molecular flexibility index (Phi) is 5.24. The monoisotopic (exact) mass is 287 g/mol. The summed E-state index contributed by atoms with van der Waals surface area (Å²) < 4.78 is 0. The van der Waals surface area contributed by atoms with Gasteiger partial charge in [-0.2, -0.15) is 11.8 Å². The molecule has 0 aromatic heterocycles. The Hall–Kier alpha value is -1.29. The van der Waals surface area contributed by atoms with Crippen molar-refractivity contribution in [2.75, 3.05) is 12.3 Å². The molecule has 2 aromatic carbocycles. The van der Waals surface area contributed by atoms with Gasteiger partial charge >= 0.3 is 0 Å². The Morgan fingerprint density at radius 1 is 1.05 bits per heavy atom. The van der Waals surface area contributed by atoms with Crippen molar-refractivity contribution in [3.63, 3.8) is 0 Å². The van der Waals surface area contributed by atoms with E-state index in [9.17, 15) is 5.11 Å². The first kappa shape index (κ1) is 15.1. The van der Waals surface area contributed by atoms with Gasteiger partial charge in [0.15, 0.2) is 0 Å². The number of rotatable bonds is 6. The molecule has 0 bridgehead atoms. The lowest BCUT2D eigenvalue weighted by Gasteiger charge is -2.26. The van der Waals surface area contributed by atoms with Crippen LogP contribution in [0.2, 0.25) is 0 Å². The minimum atomic E-state index is -0.950. The van der Waals surface area contributed by atoms with Crippen LogP contribution in [0.5, 0.6) is 0 Å². The number of nitrogens with two attached hydrogens (primary N) is 1. The molecule has 1 atom stereocenters. The molecule has 0 aliphatic carbocycles. The third-order valence-corrected chi connectivity index (χ3v) is 4.71. The molecule has 0 aliphatic rings. The van der Waals surface area contributed by atoms with Crippen molar-refractivity contribution < 1.29 is 5.11 Å². The second kappa shape index (κ2) is 6.93. The van der Waals surface area contributed by atoms with E-state index in [1.165, 1.54) is 11.1 Å². The van der Waals surface area contributed by atoms with Gasteiger partial charge < -0.3 is 10.8 Å². The molecular weight excluding hydrogens is 266 g/mol. The average Bonchev–Trinajstić information content (AvgIpc) is 2.50. The molecule has 3 heteroatoms. The summed E-state index contributed by atoms with van der Waals surface area (Å²) in [6.07, 6.45) is 0. The number of thioether (sulfide) groups is 1.